The van der Waals surface area contributed by atoms with Gasteiger partial charge in [0.2, 0.25) is 0 Å². The van der Waals surface area contributed by atoms with E-state index in [1.807, 2.05) is 6.92 Å². The molecule has 94 valence electrons. The van der Waals surface area contributed by atoms with Crippen molar-refractivity contribution in [2.45, 2.75) is 20.8 Å². The van der Waals surface area contributed by atoms with Crippen molar-refractivity contribution in [1.29, 1.82) is 0 Å². The highest BCUT2D eigenvalue weighted by Gasteiger charge is 2.22. The monoisotopic (exact) mass is 239 g/mol. The highest BCUT2D eigenvalue weighted by molar-refractivity contribution is 5.98. The smallest absolute Gasteiger partial charge is 0.325 e. The number of rotatable bonds is 3. The van der Waals surface area contributed by atoms with Gasteiger partial charge in [0.1, 0.15) is 18.1 Å². The van der Waals surface area contributed by atoms with E-state index in [-0.39, 0.29) is 12.5 Å². The van der Waals surface area contributed by atoms with Gasteiger partial charge >= 0.3 is 5.97 Å². The predicted octanol–water partition coefficient (Wildman–Crippen LogP) is 1.45. The molecule has 1 rings (SSSR count). The van der Waals surface area contributed by atoms with Gasteiger partial charge in [-0.2, -0.15) is 0 Å². The van der Waals surface area contributed by atoms with E-state index in [4.69, 9.17) is 4.42 Å². The van der Waals surface area contributed by atoms with E-state index in [1.54, 1.807) is 20.9 Å². The molecule has 0 spiro atoms. The highest BCUT2D eigenvalue weighted by atomic mass is 16.5. The van der Waals surface area contributed by atoms with Crippen LogP contribution < -0.4 is 0 Å². The van der Waals surface area contributed by atoms with Crippen molar-refractivity contribution >= 4 is 11.9 Å². The van der Waals surface area contributed by atoms with Crippen LogP contribution in [0.5, 0.6) is 0 Å². The Labute approximate surface area is 100 Å². The lowest BCUT2D eigenvalue weighted by Gasteiger charge is -2.15. The first-order valence-corrected chi connectivity index (χ1v) is 5.27. The van der Waals surface area contributed by atoms with Crippen molar-refractivity contribution in [3.05, 3.63) is 22.6 Å². The molecule has 0 aliphatic carbocycles. The van der Waals surface area contributed by atoms with E-state index in [1.165, 1.54) is 12.0 Å². The summed E-state index contributed by atoms with van der Waals surface area (Å²) in [5.74, 6) is 0.609. The second-order valence-electron chi connectivity index (χ2n) is 3.95. The molecule has 5 nitrogen and oxygen atoms in total. The maximum absolute atomic E-state index is 12.1. The third-order valence-corrected chi connectivity index (χ3v) is 2.72. The normalized spacial score (nSPS) is 10.2. The van der Waals surface area contributed by atoms with Crippen LogP contribution >= 0.6 is 0 Å². The molecule has 0 aliphatic rings. The van der Waals surface area contributed by atoms with Crippen LogP contribution in [0.25, 0.3) is 0 Å². The fourth-order valence-corrected chi connectivity index (χ4v) is 1.63. The fourth-order valence-electron chi connectivity index (χ4n) is 1.63. The van der Waals surface area contributed by atoms with Crippen LogP contribution in [-0.2, 0) is 9.53 Å². The summed E-state index contributed by atoms with van der Waals surface area (Å²) in [7, 11) is 2.85. The third kappa shape index (κ3) is 2.67. The largest absolute Gasteiger partial charge is 0.468 e. The molecule has 0 radical (unpaired) electrons. The summed E-state index contributed by atoms with van der Waals surface area (Å²) in [6.45, 7) is 5.29. The molecule has 0 N–H and O–H groups in total. The van der Waals surface area contributed by atoms with Gasteiger partial charge in [0.15, 0.2) is 0 Å². The molecule has 1 aromatic rings. The van der Waals surface area contributed by atoms with Gasteiger partial charge in [-0.05, 0) is 20.8 Å². The van der Waals surface area contributed by atoms with Crippen LogP contribution in [-0.4, -0.2) is 37.5 Å². The van der Waals surface area contributed by atoms with Crippen LogP contribution in [0.15, 0.2) is 4.42 Å². The number of aryl methyl sites for hydroxylation is 2. The van der Waals surface area contributed by atoms with Crippen molar-refractivity contribution in [2.24, 2.45) is 0 Å². The van der Waals surface area contributed by atoms with Crippen molar-refractivity contribution in [3.63, 3.8) is 0 Å². The summed E-state index contributed by atoms with van der Waals surface area (Å²) in [5.41, 5.74) is 1.33. The van der Waals surface area contributed by atoms with Crippen LogP contribution in [0.2, 0.25) is 0 Å². The van der Waals surface area contributed by atoms with Crippen LogP contribution in [0.4, 0.5) is 0 Å². The first-order valence-electron chi connectivity index (χ1n) is 5.27. The number of nitrogens with zero attached hydrogens (tertiary/aromatic N) is 1. The van der Waals surface area contributed by atoms with Crippen molar-refractivity contribution in [3.8, 4) is 0 Å². The predicted molar refractivity (Wildman–Crippen MR) is 61.9 cm³/mol. The summed E-state index contributed by atoms with van der Waals surface area (Å²) < 4.78 is 9.90. The Bertz CT molecular complexity index is 448. The molecular weight excluding hydrogens is 222 g/mol. The highest BCUT2D eigenvalue weighted by Crippen LogP contribution is 2.21. The first-order chi connectivity index (χ1) is 7.88. The molecule has 0 bridgehead atoms. The molecule has 1 amide bonds. The number of carbonyl (C=O) groups is 2. The second-order valence-corrected chi connectivity index (χ2v) is 3.95. The number of hydrogen-bond donors (Lipinski definition) is 0. The minimum Gasteiger partial charge on any atom is -0.468 e. The van der Waals surface area contributed by atoms with Crippen molar-refractivity contribution in [2.75, 3.05) is 20.7 Å². The third-order valence-electron chi connectivity index (χ3n) is 2.72. The average Bonchev–Trinajstić information content (AvgIpc) is 2.52. The van der Waals surface area contributed by atoms with Crippen molar-refractivity contribution in [1.82, 2.24) is 4.90 Å². The molecule has 0 aromatic carbocycles. The Morgan fingerprint density at radius 3 is 2.24 bits per heavy atom. The molecule has 1 heterocycles. The number of amides is 1. The van der Waals surface area contributed by atoms with Gasteiger partial charge in [-0.15, -0.1) is 0 Å². The molecule has 0 unspecified atom stereocenters. The minimum absolute atomic E-state index is 0.0710. The standard InChI is InChI=1S/C12H17NO4/c1-7-8(2)17-9(3)11(7)12(15)13(4)6-10(14)16-5/h6H2,1-5H3. The summed E-state index contributed by atoms with van der Waals surface area (Å²) in [6, 6.07) is 0. The Morgan fingerprint density at radius 1 is 1.24 bits per heavy atom. The summed E-state index contributed by atoms with van der Waals surface area (Å²) in [6.07, 6.45) is 0. The SMILES string of the molecule is COC(=O)CN(C)C(=O)c1c(C)oc(C)c1C. The van der Waals surface area contributed by atoms with Gasteiger partial charge in [0, 0.05) is 12.6 Å². The zero-order valence-electron chi connectivity index (χ0n) is 10.8. The number of ether oxygens (including phenoxy) is 1. The van der Waals surface area contributed by atoms with E-state index < -0.39 is 5.97 Å². The lowest BCUT2D eigenvalue weighted by Crippen LogP contribution is -2.33. The number of likely N-dealkylation sites (N-methyl/N-ethyl adjacent to an activating group) is 1. The van der Waals surface area contributed by atoms with Crippen LogP contribution in [0.1, 0.15) is 27.4 Å². The fraction of sp³-hybridized carbons (Fsp3) is 0.500. The topological polar surface area (TPSA) is 59.8 Å². The summed E-state index contributed by atoms with van der Waals surface area (Å²) in [5, 5.41) is 0. The van der Waals surface area contributed by atoms with E-state index in [2.05, 4.69) is 4.74 Å². The Hall–Kier alpha value is -1.78. The molecule has 0 atom stereocenters. The van der Waals surface area contributed by atoms with Gasteiger partial charge in [0.05, 0.1) is 12.7 Å². The van der Waals surface area contributed by atoms with Gasteiger partial charge in [-0.25, -0.2) is 0 Å². The maximum Gasteiger partial charge on any atom is 0.325 e. The lowest BCUT2D eigenvalue weighted by atomic mass is 10.1. The zero-order valence-corrected chi connectivity index (χ0v) is 10.8. The van der Waals surface area contributed by atoms with E-state index in [0.717, 1.165) is 11.3 Å². The lowest BCUT2D eigenvalue weighted by molar-refractivity contribution is -0.141. The zero-order chi connectivity index (χ0) is 13.2. The van der Waals surface area contributed by atoms with E-state index in [0.29, 0.717) is 11.3 Å². The molecule has 1 aromatic heterocycles. The molecule has 0 saturated heterocycles. The molecular formula is C12H17NO4. The molecule has 17 heavy (non-hydrogen) atoms. The summed E-state index contributed by atoms with van der Waals surface area (Å²) >= 11 is 0. The Balaban J connectivity index is 2.93. The number of carbonyl (C=O) groups excluding carboxylic acids is 2. The number of methoxy groups -OCH3 is 1. The molecule has 0 fully saturated rings. The van der Waals surface area contributed by atoms with E-state index in [9.17, 15) is 9.59 Å². The van der Waals surface area contributed by atoms with Gasteiger partial charge in [0.25, 0.3) is 5.91 Å². The number of hydrogen-bond acceptors (Lipinski definition) is 4. The summed E-state index contributed by atoms with van der Waals surface area (Å²) in [4.78, 5) is 24.5. The van der Waals surface area contributed by atoms with Gasteiger partial charge in [-0.3, -0.25) is 9.59 Å². The van der Waals surface area contributed by atoms with Gasteiger partial charge in [-0.1, -0.05) is 0 Å². The average molecular weight is 239 g/mol. The van der Waals surface area contributed by atoms with Crippen LogP contribution in [0, 0.1) is 20.8 Å². The maximum atomic E-state index is 12.1. The van der Waals surface area contributed by atoms with E-state index >= 15 is 0 Å². The first kappa shape index (κ1) is 13.3. The van der Waals surface area contributed by atoms with Gasteiger partial charge < -0.3 is 14.1 Å². The van der Waals surface area contributed by atoms with Crippen LogP contribution in [0.3, 0.4) is 0 Å². The van der Waals surface area contributed by atoms with Crippen molar-refractivity contribution < 1.29 is 18.7 Å². The Kier molecular flexibility index (Phi) is 3.93. The Morgan fingerprint density at radius 2 is 1.82 bits per heavy atom. The molecule has 5 heteroatoms. The second kappa shape index (κ2) is 5.03. The minimum atomic E-state index is -0.448. The quantitative estimate of drug-likeness (QED) is 0.749. The molecule has 0 saturated carbocycles. The molecule has 0 aliphatic heterocycles. The number of furan rings is 1. The number of esters is 1.